The quantitative estimate of drug-likeness (QED) is 0.194. The molecule has 0 radical (unpaired) electrons. The molecule has 6 nitrogen and oxygen atoms in total. The molecule has 0 amide bonds. The molecular weight excluding hydrogens is 414 g/mol. The van der Waals surface area contributed by atoms with Crippen LogP contribution in [0.1, 0.15) is 40.1 Å². The zero-order chi connectivity index (χ0) is 22.4. The van der Waals surface area contributed by atoms with Crippen LogP contribution in [0.3, 0.4) is 0 Å². The Morgan fingerprint density at radius 3 is 2.26 bits per heavy atom. The summed E-state index contributed by atoms with van der Waals surface area (Å²) in [6, 6.07) is 20.5. The molecule has 0 fully saturated rings. The summed E-state index contributed by atoms with van der Waals surface area (Å²) in [5.74, 6) is -1.12. The van der Waals surface area contributed by atoms with Gasteiger partial charge < -0.3 is 4.74 Å². The van der Waals surface area contributed by atoms with Crippen molar-refractivity contribution in [2.75, 3.05) is 0 Å². The van der Waals surface area contributed by atoms with Crippen molar-refractivity contribution in [3.8, 4) is 0 Å². The standard InChI is InChI=1S/C24H21NO5S/c1-3-17-9-11-18(12-10-17)23(26)16(2)30-24(27)19-13-14-22(21(15-19)25(28)29)31-20-7-5-4-6-8-20/h4-16H,3H2,1-2H3. The molecule has 3 aromatic carbocycles. The number of nitro benzene ring substituents is 1. The Hall–Kier alpha value is -3.45. The monoisotopic (exact) mass is 435 g/mol. The highest BCUT2D eigenvalue weighted by molar-refractivity contribution is 7.99. The van der Waals surface area contributed by atoms with Crippen molar-refractivity contribution in [3.63, 3.8) is 0 Å². The van der Waals surface area contributed by atoms with Crippen molar-refractivity contribution in [1.82, 2.24) is 0 Å². The minimum atomic E-state index is -1.02. The van der Waals surface area contributed by atoms with E-state index in [-0.39, 0.29) is 17.0 Å². The minimum Gasteiger partial charge on any atom is -0.451 e. The first-order chi connectivity index (χ1) is 14.9. The summed E-state index contributed by atoms with van der Waals surface area (Å²) in [4.78, 5) is 37.3. The second kappa shape index (κ2) is 10.0. The summed E-state index contributed by atoms with van der Waals surface area (Å²) in [7, 11) is 0. The van der Waals surface area contributed by atoms with Gasteiger partial charge in [0.15, 0.2) is 6.10 Å². The Labute approximate surface area is 184 Å². The van der Waals surface area contributed by atoms with Crippen LogP contribution >= 0.6 is 11.8 Å². The van der Waals surface area contributed by atoms with Crippen molar-refractivity contribution >= 4 is 29.2 Å². The second-order valence-electron chi connectivity index (χ2n) is 6.82. The lowest BCUT2D eigenvalue weighted by Crippen LogP contribution is -2.24. The third kappa shape index (κ3) is 5.58. The molecule has 0 spiro atoms. The smallest absolute Gasteiger partial charge is 0.339 e. The Bertz CT molecular complexity index is 1100. The number of carbonyl (C=O) groups is 2. The van der Waals surface area contributed by atoms with Crippen LogP contribution < -0.4 is 0 Å². The summed E-state index contributed by atoms with van der Waals surface area (Å²) >= 11 is 1.23. The van der Waals surface area contributed by atoms with Gasteiger partial charge >= 0.3 is 5.97 Å². The molecular formula is C24H21NO5S. The number of nitro groups is 1. The lowest BCUT2D eigenvalue weighted by molar-refractivity contribution is -0.387. The molecule has 3 aromatic rings. The number of aryl methyl sites for hydroxylation is 1. The molecule has 0 saturated carbocycles. The van der Waals surface area contributed by atoms with Crippen molar-refractivity contribution in [3.05, 3.63) is 99.6 Å². The van der Waals surface area contributed by atoms with Crippen molar-refractivity contribution in [2.24, 2.45) is 0 Å². The van der Waals surface area contributed by atoms with Gasteiger partial charge in [-0.2, -0.15) is 0 Å². The number of Topliss-reactive ketones (excluding diaryl/α,β-unsaturated/α-hetero) is 1. The molecule has 1 unspecified atom stereocenters. The maximum atomic E-state index is 12.6. The molecule has 0 bridgehead atoms. The topological polar surface area (TPSA) is 86.5 Å². The van der Waals surface area contributed by atoms with E-state index in [2.05, 4.69) is 0 Å². The van der Waals surface area contributed by atoms with Crippen molar-refractivity contribution in [2.45, 2.75) is 36.2 Å². The van der Waals surface area contributed by atoms with Gasteiger partial charge in [-0.3, -0.25) is 14.9 Å². The maximum absolute atomic E-state index is 12.6. The molecule has 0 saturated heterocycles. The first kappa shape index (κ1) is 22.2. The van der Waals surface area contributed by atoms with E-state index in [1.807, 2.05) is 49.4 Å². The summed E-state index contributed by atoms with van der Waals surface area (Å²) in [5, 5.41) is 11.5. The minimum absolute atomic E-state index is 0.0186. The predicted octanol–water partition coefficient (Wildman–Crippen LogP) is 5.74. The van der Waals surface area contributed by atoms with Gasteiger partial charge in [0.1, 0.15) is 0 Å². The number of benzene rings is 3. The van der Waals surface area contributed by atoms with Crippen molar-refractivity contribution in [1.29, 1.82) is 0 Å². The Morgan fingerprint density at radius 2 is 1.65 bits per heavy atom. The summed E-state index contributed by atoms with van der Waals surface area (Å²) in [5.41, 5.74) is 1.36. The first-order valence-corrected chi connectivity index (χ1v) is 10.6. The van der Waals surface area contributed by atoms with E-state index in [1.54, 1.807) is 12.1 Å². The van der Waals surface area contributed by atoms with E-state index < -0.39 is 17.0 Å². The number of carbonyl (C=O) groups excluding carboxylic acids is 2. The predicted molar refractivity (Wildman–Crippen MR) is 119 cm³/mol. The largest absolute Gasteiger partial charge is 0.451 e. The molecule has 0 aliphatic rings. The molecule has 0 N–H and O–H groups in total. The van der Waals surface area contributed by atoms with Gasteiger partial charge in [-0.25, -0.2) is 4.79 Å². The molecule has 7 heteroatoms. The van der Waals surface area contributed by atoms with Gasteiger partial charge in [-0.1, -0.05) is 61.2 Å². The number of ketones is 1. The average molecular weight is 436 g/mol. The van der Waals surface area contributed by atoms with Crippen LogP contribution in [-0.2, 0) is 11.2 Å². The summed E-state index contributed by atoms with van der Waals surface area (Å²) in [6.07, 6.45) is -0.159. The Kier molecular flexibility index (Phi) is 7.20. The van der Waals surface area contributed by atoms with Gasteiger partial charge in [-0.05, 0) is 43.2 Å². The number of esters is 1. The maximum Gasteiger partial charge on any atom is 0.339 e. The fraction of sp³-hybridized carbons (Fsp3) is 0.167. The van der Waals surface area contributed by atoms with E-state index in [1.165, 1.54) is 36.9 Å². The Morgan fingerprint density at radius 1 is 1.00 bits per heavy atom. The molecule has 31 heavy (non-hydrogen) atoms. The summed E-state index contributed by atoms with van der Waals surface area (Å²) < 4.78 is 5.28. The van der Waals surface area contributed by atoms with Gasteiger partial charge in [0.2, 0.25) is 5.78 Å². The van der Waals surface area contributed by atoms with Gasteiger partial charge in [0.05, 0.1) is 15.4 Å². The van der Waals surface area contributed by atoms with Crippen LogP contribution in [-0.4, -0.2) is 22.8 Å². The van der Waals surface area contributed by atoms with E-state index in [0.29, 0.717) is 10.5 Å². The van der Waals surface area contributed by atoms with Crippen LogP contribution in [0.4, 0.5) is 5.69 Å². The molecule has 3 rings (SSSR count). The van der Waals surface area contributed by atoms with Crippen LogP contribution in [0.5, 0.6) is 0 Å². The second-order valence-corrected chi connectivity index (χ2v) is 7.93. The Balaban J connectivity index is 1.75. The first-order valence-electron chi connectivity index (χ1n) is 9.74. The van der Waals surface area contributed by atoms with Gasteiger partial charge in [-0.15, -0.1) is 0 Å². The zero-order valence-corrected chi connectivity index (χ0v) is 17.9. The normalized spacial score (nSPS) is 11.5. The average Bonchev–Trinajstić information content (AvgIpc) is 2.79. The number of rotatable bonds is 8. The SMILES string of the molecule is CCc1ccc(C(=O)C(C)OC(=O)c2ccc(Sc3ccccc3)c([N+](=O)[O-])c2)cc1. The van der Waals surface area contributed by atoms with E-state index >= 15 is 0 Å². The van der Waals surface area contributed by atoms with Gasteiger partial charge in [0.25, 0.3) is 5.69 Å². The number of nitrogens with zero attached hydrogens (tertiary/aromatic N) is 1. The highest BCUT2D eigenvalue weighted by Gasteiger charge is 2.23. The van der Waals surface area contributed by atoms with E-state index in [4.69, 9.17) is 4.74 Å². The molecule has 0 aromatic heterocycles. The molecule has 0 aliphatic heterocycles. The molecule has 0 aliphatic carbocycles. The van der Waals surface area contributed by atoms with E-state index in [9.17, 15) is 19.7 Å². The van der Waals surface area contributed by atoms with E-state index in [0.717, 1.165) is 16.9 Å². The number of ether oxygens (including phenoxy) is 1. The lowest BCUT2D eigenvalue weighted by atomic mass is 10.0. The van der Waals surface area contributed by atoms with Crippen molar-refractivity contribution < 1.29 is 19.2 Å². The van der Waals surface area contributed by atoms with Gasteiger partial charge in [0, 0.05) is 16.5 Å². The lowest BCUT2D eigenvalue weighted by Gasteiger charge is -2.13. The fourth-order valence-electron chi connectivity index (χ4n) is 2.91. The van der Waals surface area contributed by atoms with Crippen LogP contribution in [0.25, 0.3) is 0 Å². The molecule has 0 heterocycles. The highest BCUT2D eigenvalue weighted by Crippen LogP contribution is 2.35. The fourth-order valence-corrected chi connectivity index (χ4v) is 3.83. The van der Waals surface area contributed by atoms with Crippen LogP contribution in [0.2, 0.25) is 0 Å². The third-order valence-corrected chi connectivity index (χ3v) is 5.74. The highest BCUT2D eigenvalue weighted by atomic mass is 32.2. The molecule has 158 valence electrons. The zero-order valence-electron chi connectivity index (χ0n) is 17.1. The third-order valence-electron chi connectivity index (χ3n) is 4.66. The summed E-state index contributed by atoms with van der Waals surface area (Å²) in [6.45, 7) is 3.51. The van der Waals surface area contributed by atoms with Crippen LogP contribution in [0.15, 0.2) is 82.6 Å². The number of hydrogen-bond acceptors (Lipinski definition) is 6. The molecule has 1 atom stereocenters. The number of hydrogen-bond donors (Lipinski definition) is 0. The van der Waals surface area contributed by atoms with Crippen LogP contribution in [0, 0.1) is 10.1 Å².